The fraction of sp³-hybridized carbons (Fsp3) is 0.684. The zero-order valence-electron chi connectivity index (χ0n) is 13.3. The van der Waals surface area contributed by atoms with E-state index in [1.54, 1.807) is 0 Å². The SMILES string of the molecule is CCNC(c1cc(C)c(F)c(C)c1)C1C2C3CCC(C3)C21. The van der Waals surface area contributed by atoms with Crippen molar-refractivity contribution in [3.8, 4) is 0 Å². The predicted octanol–water partition coefficient (Wildman–Crippen LogP) is 4.39. The van der Waals surface area contributed by atoms with Gasteiger partial charge in [0.1, 0.15) is 5.82 Å². The van der Waals surface area contributed by atoms with Gasteiger partial charge in [0.25, 0.3) is 0 Å². The Morgan fingerprint density at radius 1 is 1.14 bits per heavy atom. The van der Waals surface area contributed by atoms with E-state index in [1.165, 1.54) is 24.8 Å². The van der Waals surface area contributed by atoms with Crippen molar-refractivity contribution in [3.05, 3.63) is 34.6 Å². The fourth-order valence-electron chi connectivity index (χ4n) is 5.69. The molecule has 0 aliphatic heterocycles. The summed E-state index contributed by atoms with van der Waals surface area (Å²) in [6.45, 7) is 6.97. The van der Waals surface area contributed by atoms with Gasteiger partial charge in [-0.3, -0.25) is 0 Å². The molecule has 1 nitrogen and oxygen atoms in total. The second kappa shape index (κ2) is 4.81. The van der Waals surface area contributed by atoms with E-state index in [1.807, 2.05) is 13.8 Å². The van der Waals surface area contributed by atoms with Gasteiger partial charge in [-0.1, -0.05) is 19.1 Å². The molecule has 3 aliphatic carbocycles. The topological polar surface area (TPSA) is 12.0 Å². The van der Waals surface area contributed by atoms with E-state index >= 15 is 0 Å². The molecule has 1 aromatic rings. The molecule has 3 aliphatic rings. The Kier molecular flexibility index (Phi) is 3.15. The molecule has 0 radical (unpaired) electrons. The third-order valence-electron chi connectivity index (χ3n) is 6.42. The number of hydrogen-bond donors (Lipinski definition) is 1. The van der Waals surface area contributed by atoms with E-state index in [0.717, 1.165) is 47.3 Å². The van der Waals surface area contributed by atoms with Gasteiger partial charge in [0.05, 0.1) is 0 Å². The third-order valence-corrected chi connectivity index (χ3v) is 6.42. The third kappa shape index (κ3) is 1.98. The van der Waals surface area contributed by atoms with Gasteiger partial charge in [0.2, 0.25) is 0 Å². The van der Waals surface area contributed by atoms with Crippen molar-refractivity contribution >= 4 is 0 Å². The average molecular weight is 287 g/mol. The number of aryl methyl sites for hydroxylation is 2. The van der Waals surface area contributed by atoms with Gasteiger partial charge < -0.3 is 5.32 Å². The zero-order chi connectivity index (χ0) is 14.7. The van der Waals surface area contributed by atoms with Crippen molar-refractivity contribution in [3.63, 3.8) is 0 Å². The summed E-state index contributed by atoms with van der Waals surface area (Å²) in [5.41, 5.74) is 2.90. The molecule has 0 aromatic heterocycles. The van der Waals surface area contributed by atoms with Crippen molar-refractivity contribution in [1.82, 2.24) is 5.32 Å². The van der Waals surface area contributed by atoms with E-state index in [-0.39, 0.29) is 5.82 Å². The Bertz CT molecular complexity index is 528. The summed E-state index contributed by atoms with van der Waals surface area (Å²) in [7, 11) is 0. The molecule has 2 bridgehead atoms. The molecule has 0 saturated heterocycles. The minimum atomic E-state index is -0.0370. The number of fused-ring (bicyclic) bond motifs is 5. The van der Waals surface area contributed by atoms with Crippen molar-refractivity contribution in [2.24, 2.45) is 29.6 Å². The summed E-state index contributed by atoms with van der Waals surface area (Å²) in [4.78, 5) is 0. The van der Waals surface area contributed by atoms with Crippen LogP contribution in [-0.2, 0) is 0 Å². The molecule has 5 unspecified atom stereocenters. The first-order valence-corrected chi connectivity index (χ1v) is 8.61. The summed E-state index contributed by atoms with van der Waals surface area (Å²) in [6, 6.07) is 4.59. The van der Waals surface area contributed by atoms with Crippen LogP contribution in [0.5, 0.6) is 0 Å². The molecule has 1 N–H and O–H groups in total. The van der Waals surface area contributed by atoms with Crippen molar-refractivity contribution in [2.45, 2.75) is 46.1 Å². The molecule has 0 amide bonds. The maximum absolute atomic E-state index is 13.9. The van der Waals surface area contributed by atoms with Gasteiger partial charge in [-0.05, 0) is 85.9 Å². The Morgan fingerprint density at radius 3 is 2.24 bits per heavy atom. The molecule has 0 heterocycles. The van der Waals surface area contributed by atoms with Gasteiger partial charge in [-0.15, -0.1) is 0 Å². The molecule has 4 rings (SSSR count). The van der Waals surface area contributed by atoms with Gasteiger partial charge in [0.15, 0.2) is 0 Å². The largest absolute Gasteiger partial charge is 0.310 e. The number of benzene rings is 1. The molecule has 3 fully saturated rings. The maximum Gasteiger partial charge on any atom is 0.129 e. The fourth-order valence-corrected chi connectivity index (χ4v) is 5.69. The van der Waals surface area contributed by atoms with E-state index < -0.39 is 0 Å². The van der Waals surface area contributed by atoms with Crippen molar-refractivity contribution < 1.29 is 4.39 Å². The van der Waals surface area contributed by atoms with Gasteiger partial charge in [-0.2, -0.15) is 0 Å². The lowest BCUT2D eigenvalue weighted by molar-refractivity contribution is 0.374. The smallest absolute Gasteiger partial charge is 0.129 e. The summed E-state index contributed by atoms with van der Waals surface area (Å²) < 4.78 is 13.9. The Labute approximate surface area is 127 Å². The Morgan fingerprint density at radius 2 is 1.71 bits per heavy atom. The van der Waals surface area contributed by atoms with Crippen LogP contribution in [0.1, 0.15) is 48.9 Å². The van der Waals surface area contributed by atoms with E-state index in [4.69, 9.17) is 0 Å². The van der Waals surface area contributed by atoms with Gasteiger partial charge in [0, 0.05) is 6.04 Å². The van der Waals surface area contributed by atoms with E-state index in [0.29, 0.717) is 6.04 Å². The van der Waals surface area contributed by atoms with Gasteiger partial charge >= 0.3 is 0 Å². The first-order valence-electron chi connectivity index (χ1n) is 8.61. The monoisotopic (exact) mass is 287 g/mol. The minimum absolute atomic E-state index is 0.0370. The molecular formula is C19H26FN. The van der Waals surface area contributed by atoms with Crippen LogP contribution in [0, 0.1) is 49.3 Å². The standard InChI is InChI=1S/C19H26FN/c1-4-21-19(14-7-10(2)18(20)11(3)8-14)17-15-12-5-6-13(9-12)16(15)17/h7-8,12-13,15-17,19,21H,4-6,9H2,1-3H3. The van der Waals surface area contributed by atoms with Crippen molar-refractivity contribution in [1.29, 1.82) is 0 Å². The molecule has 3 saturated carbocycles. The second-order valence-corrected chi connectivity index (χ2v) is 7.57. The lowest BCUT2D eigenvalue weighted by Gasteiger charge is -2.23. The van der Waals surface area contributed by atoms with Crippen LogP contribution in [0.3, 0.4) is 0 Å². The normalized spacial score (nSPS) is 37.6. The molecule has 5 atom stereocenters. The second-order valence-electron chi connectivity index (χ2n) is 7.57. The van der Waals surface area contributed by atoms with Crippen LogP contribution < -0.4 is 5.32 Å². The first kappa shape index (κ1) is 13.8. The molecule has 0 spiro atoms. The minimum Gasteiger partial charge on any atom is -0.310 e. The number of halogens is 1. The molecule has 2 heteroatoms. The van der Waals surface area contributed by atoms with Crippen LogP contribution in [-0.4, -0.2) is 6.54 Å². The highest BCUT2D eigenvalue weighted by atomic mass is 19.1. The van der Waals surface area contributed by atoms with Crippen molar-refractivity contribution in [2.75, 3.05) is 6.54 Å². The Hall–Kier alpha value is -0.890. The predicted molar refractivity (Wildman–Crippen MR) is 83.6 cm³/mol. The maximum atomic E-state index is 13.9. The quantitative estimate of drug-likeness (QED) is 0.866. The lowest BCUT2D eigenvalue weighted by Crippen LogP contribution is -2.25. The summed E-state index contributed by atoms with van der Waals surface area (Å²) in [5.74, 6) is 4.67. The first-order chi connectivity index (χ1) is 10.1. The average Bonchev–Trinajstić information content (AvgIpc) is 2.87. The highest BCUT2D eigenvalue weighted by Crippen LogP contribution is 2.72. The van der Waals surface area contributed by atoms with Crippen LogP contribution in [0.4, 0.5) is 4.39 Å². The van der Waals surface area contributed by atoms with Crippen LogP contribution >= 0.6 is 0 Å². The number of hydrogen-bond acceptors (Lipinski definition) is 1. The molecule has 1 aromatic carbocycles. The van der Waals surface area contributed by atoms with Crippen LogP contribution in [0.15, 0.2) is 12.1 Å². The lowest BCUT2D eigenvalue weighted by atomic mass is 9.91. The highest BCUT2D eigenvalue weighted by molar-refractivity contribution is 5.34. The summed E-state index contributed by atoms with van der Waals surface area (Å²) in [6.07, 6.45) is 4.41. The van der Waals surface area contributed by atoms with E-state index in [2.05, 4.69) is 24.4 Å². The summed E-state index contributed by atoms with van der Waals surface area (Å²) >= 11 is 0. The van der Waals surface area contributed by atoms with E-state index in [9.17, 15) is 4.39 Å². The molecule has 21 heavy (non-hydrogen) atoms. The molecule has 114 valence electrons. The number of nitrogens with one attached hydrogen (secondary N) is 1. The van der Waals surface area contributed by atoms with Crippen LogP contribution in [0.25, 0.3) is 0 Å². The zero-order valence-corrected chi connectivity index (χ0v) is 13.3. The number of rotatable bonds is 4. The van der Waals surface area contributed by atoms with Gasteiger partial charge in [-0.25, -0.2) is 4.39 Å². The Balaban J connectivity index is 1.64. The molecular weight excluding hydrogens is 261 g/mol. The summed E-state index contributed by atoms with van der Waals surface area (Å²) in [5, 5.41) is 3.71. The van der Waals surface area contributed by atoms with Crippen LogP contribution in [0.2, 0.25) is 0 Å². The highest BCUT2D eigenvalue weighted by Gasteiger charge is 2.66.